The summed E-state index contributed by atoms with van der Waals surface area (Å²) >= 11 is 0. The molecular weight excluding hydrogens is 278 g/mol. The molecule has 0 bridgehead atoms. The van der Waals surface area contributed by atoms with Crippen molar-refractivity contribution in [1.29, 1.82) is 0 Å². The van der Waals surface area contributed by atoms with E-state index >= 15 is 0 Å². The summed E-state index contributed by atoms with van der Waals surface area (Å²) < 4.78 is 0. The first-order valence-electron chi connectivity index (χ1n) is 8.67. The summed E-state index contributed by atoms with van der Waals surface area (Å²) in [4.78, 5) is 27.5. The Morgan fingerprint density at radius 1 is 1.36 bits per heavy atom. The first-order valence-corrected chi connectivity index (χ1v) is 8.67. The van der Waals surface area contributed by atoms with Gasteiger partial charge in [0.05, 0.1) is 12.1 Å². The van der Waals surface area contributed by atoms with Crippen LogP contribution >= 0.6 is 0 Å². The SMILES string of the molecule is CCC(CNC)C1CCC2C(C1)N(C=O)CC(C)N2C(C)=O. The highest BCUT2D eigenvalue weighted by molar-refractivity contribution is 5.74. The van der Waals surface area contributed by atoms with E-state index in [1.54, 1.807) is 6.92 Å². The lowest BCUT2D eigenvalue weighted by Gasteiger charge is -2.53. The van der Waals surface area contributed by atoms with Crippen LogP contribution in [0.4, 0.5) is 0 Å². The fraction of sp³-hybridized carbons (Fsp3) is 0.882. The molecule has 2 aliphatic rings. The van der Waals surface area contributed by atoms with Gasteiger partial charge in [0.25, 0.3) is 0 Å². The van der Waals surface area contributed by atoms with Gasteiger partial charge in [0, 0.05) is 19.5 Å². The predicted octanol–water partition coefficient (Wildman–Crippen LogP) is 1.48. The first-order chi connectivity index (χ1) is 10.5. The molecule has 5 unspecified atom stereocenters. The van der Waals surface area contributed by atoms with Crippen molar-refractivity contribution in [3.8, 4) is 0 Å². The molecular formula is C17H31N3O2. The molecule has 0 aromatic carbocycles. The van der Waals surface area contributed by atoms with Crippen molar-refractivity contribution in [1.82, 2.24) is 15.1 Å². The van der Waals surface area contributed by atoms with Gasteiger partial charge in [-0.05, 0) is 51.6 Å². The van der Waals surface area contributed by atoms with Crippen molar-refractivity contribution in [2.24, 2.45) is 11.8 Å². The van der Waals surface area contributed by atoms with Gasteiger partial charge in [-0.25, -0.2) is 0 Å². The zero-order valence-electron chi connectivity index (χ0n) is 14.4. The van der Waals surface area contributed by atoms with Gasteiger partial charge in [-0.2, -0.15) is 0 Å². The number of carbonyl (C=O) groups excluding carboxylic acids is 2. The highest BCUT2D eigenvalue weighted by Crippen LogP contribution is 2.38. The van der Waals surface area contributed by atoms with E-state index in [1.807, 2.05) is 16.8 Å². The molecule has 126 valence electrons. The van der Waals surface area contributed by atoms with Crippen LogP contribution in [0.1, 0.15) is 46.5 Å². The summed E-state index contributed by atoms with van der Waals surface area (Å²) in [5.41, 5.74) is 0. The maximum absolute atomic E-state index is 12.0. The fourth-order valence-corrected chi connectivity index (χ4v) is 4.70. The third-order valence-corrected chi connectivity index (χ3v) is 5.71. The lowest BCUT2D eigenvalue weighted by atomic mass is 9.72. The topological polar surface area (TPSA) is 52.7 Å². The molecule has 1 saturated carbocycles. The Labute approximate surface area is 134 Å². The third-order valence-electron chi connectivity index (χ3n) is 5.71. The molecule has 1 aliphatic carbocycles. The molecule has 5 atom stereocenters. The van der Waals surface area contributed by atoms with Crippen LogP contribution < -0.4 is 5.32 Å². The Bertz CT molecular complexity index is 401. The molecule has 0 aromatic rings. The van der Waals surface area contributed by atoms with Crippen LogP contribution in [0, 0.1) is 11.8 Å². The highest BCUT2D eigenvalue weighted by Gasteiger charge is 2.45. The Hall–Kier alpha value is -1.10. The monoisotopic (exact) mass is 309 g/mol. The molecule has 0 aromatic heterocycles. The summed E-state index contributed by atoms with van der Waals surface area (Å²) in [7, 11) is 2.01. The molecule has 2 fully saturated rings. The van der Waals surface area contributed by atoms with Crippen LogP contribution in [0.25, 0.3) is 0 Å². The largest absolute Gasteiger partial charge is 0.338 e. The van der Waals surface area contributed by atoms with Crippen LogP contribution in [-0.4, -0.2) is 60.4 Å². The quantitative estimate of drug-likeness (QED) is 0.783. The maximum Gasteiger partial charge on any atom is 0.220 e. The predicted molar refractivity (Wildman–Crippen MR) is 87.4 cm³/mol. The van der Waals surface area contributed by atoms with E-state index < -0.39 is 0 Å². The maximum atomic E-state index is 12.0. The average Bonchev–Trinajstić information content (AvgIpc) is 2.50. The summed E-state index contributed by atoms with van der Waals surface area (Å²) in [5, 5.41) is 3.30. The molecule has 2 amide bonds. The lowest BCUT2D eigenvalue weighted by Crippen LogP contribution is -2.65. The Morgan fingerprint density at radius 3 is 2.64 bits per heavy atom. The van der Waals surface area contributed by atoms with Crippen molar-refractivity contribution in [2.45, 2.75) is 64.6 Å². The third kappa shape index (κ3) is 3.29. The summed E-state index contributed by atoms with van der Waals surface area (Å²) in [6.45, 7) is 7.66. The summed E-state index contributed by atoms with van der Waals surface area (Å²) in [6, 6.07) is 0.525. The van der Waals surface area contributed by atoms with Crippen molar-refractivity contribution in [3.63, 3.8) is 0 Å². The molecule has 5 heteroatoms. The number of carbonyl (C=O) groups is 2. The van der Waals surface area contributed by atoms with Gasteiger partial charge in [0.1, 0.15) is 0 Å². The number of hydrogen-bond donors (Lipinski definition) is 1. The van der Waals surface area contributed by atoms with Gasteiger partial charge in [-0.15, -0.1) is 0 Å². The lowest BCUT2D eigenvalue weighted by molar-refractivity contribution is -0.148. The van der Waals surface area contributed by atoms with Gasteiger partial charge >= 0.3 is 0 Å². The van der Waals surface area contributed by atoms with Gasteiger partial charge in [0.2, 0.25) is 12.3 Å². The minimum Gasteiger partial charge on any atom is -0.338 e. The van der Waals surface area contributed by atoms with Gasteiger partial charge in [-0.1, -0.05) is 13.3 Å². The van der Waals surface area contributed by atoms with Crippen molar-refractivity contribution in [2.75, 3.05) is 20.1 Å². The Morgan fingerprint density at radius 2 is 2.09 bits per heavy atom. The van der Waals surface area contributed by atoms with Gasteiger partial charge in [-0.3, -0.25) is 9.59 Å². The number of nitrogens with zero attached hydrogens (tertiary/aromatic N) is 2. The van der Waals surface area contributed by atoms with E-state index in [-0.39, 0.29) is 24.0 Å². The molecule has 0 radical (unpaired) electrons. The smallest absolute Gasteiger partial charge is 0.220 e. The van der Waals surface area contributed by atoms with E-state index in [0.717, 1.165) is 38.6 Å². The fourth-order valence-electron chi connectivity index (χ4n) is 4.70. The molecule has 1 saturated heterocycles. The Balaban J connectivity index is 2.16. The average molecular weight is 309 g/mol. The number of nitrogens with one attached hydrogen (secondary N) is 1. The molecule has 0 spiro atoms. The van der Waals surface area contributed by atoms with Crippen LogP contribution in [0.3, 0.4) is 0 Å². The van der Waals surface area contributed by atoms with Crippen LogP contribution in [0.5, 0.6) is 0 Å². The number of piperazine rings is 1. The number of amides is 2. The second kappa shape index (κ2) is 7.44. The van der Waals surface area contributed by atoms with Crippen LogP contribution in [0.2, 0.25) is 0 Å². The molecule has 1 N–H and O–H groups in total. The first kappa shape index (κ1) is 17.3. The standard InChI is InChI=1S/C17H31N3O2/c1-5-14(9-18-4)15-6-7-16-17(8-15)19(11-21)10-12(2)20(16)13(3)22/h11-12,14-18H,5-10H2,1-4H3. The van der Waals surface area contributed by atoms with E-state index in [0.29, 0.717) is 18.4 Å². The van der Waals surface area contributed by atoms with Crippen molar-refractivity contribution < 1.29 is 9.59 Å². The molecule has 5 nitrogen and oxygen atoms in total. The number of rotatable bonds is 5. The second-order valence-electron chi connectivity index (χ2n) is 7.01. The summed E-state index contributed by atoms with van der Waals surface area (Å²) in [5.74, 6) is 1.45. The van der Waals surface area contributed by atoms with Crippen molar-refractivity contribution in [3.05, 3.63) is 0 Å². The molecule has 2 rings (SSSR count). The molecule has 22 heavy (non-hydrogen) atoms. The van der Waals surface area contributed by atoms with Crippen molar-refractivity contribution >= 4 is 12.3 Å². The normalized spacial score (nSPS) is 33.3. The van der Waals surface area contributed by atoms with Gasteiger partial charge < -0.3 is 15.1 Å². The van der Waals surface area contributed by atoms with E-state index in [9.17, 15) is 9.59 Å². The molecule has 1 heterocycles. The van der Waals surface area contributed by atoms with Crippen LogP contribution in [-0.2, 0) is 9.59 Å². The molecule has 1 aliphatic heterocycles. The number of hydrogen-bond acceptors (Lipinski definition) is 3. The minimum absolute atomic E-state index is 0.125. The summed E-state index contributed by atoms with van der Waals surface area (Å²) in [6.07, 6.45) is 5.36. The van der Waals surface area contributed by atoms with Gasteiger partial charge in [0.15, 0.2) is 0 Å². The zero-order valence-corrected chi connectivity index (χ0v) is 14.4. The zero-order chi connectivity index (χ0) is 16.3. The number of fused-ring (bicyclic) bond motifs is 1. The van der Waals surface area contributed by atoms with E-state index in [1.165, 1.54) is 0 Å². The minimum atomic E-state index is 0.125. The van der Waals surface area contributed by atoms with E-state index in [4.69, 9.17) is 0 Å². The second-order valence-corrected chi connectivity index (χ2v) is 7.01. The highest BCUT2D eigenvalue weighted by atomic mass is 16.2. The van der Waals surface area contributed by atoms with E-state index in [2.05, 4.69) is 19.2 Å². The Kier molecular flexibility index (Phi) is 5.84. The van der Waals surface area contributed by atoms with Crippen LogP contribution in [0.15, 0.2) is 0 Å².